The molecule has 2 atom stereocenters. The fourth-order valence-corrected chi connectivity index (χ4v) is 7.44. The Balaban J connectivity index is 1.53. The number of aromatic carboxylic acids is 2. The molecule has 4 rings (SSSR count). The lowest BCUT2D eigenvalue weighted by atomic mass is 9.75. The Kier molecular flexibility index (Phi) is 11.9. The summed E-state index contributed by atoms with van der Waals surface area (Å²) in [6, 6.07) is 3.89. The van der Waals surface area contributed by atoms with Crippen molar-refractivity contribution in [3.05, 3.63) is 63.0 Å². The van der Waals surface area contributed by atoms with E-state index in [0.29, 0.717) is 45.8 Å². The Morgan fingerprint density at radius 1 is 0.959 bits per heavy atom. The van der Waals surface area contributed by atoms with Crippen molar-refractivity contribution in [3.8, 4) is 0 Å². The number of anilines is 1. The van der Waals surface area contributed by atoms with Crippen molar-refractivity contribution in [2.45, 2.75) is 85.1 Å². The molecule has 49 heavy (non-hydrogen) atoms. The van der Waals surface area contributed by atoms with Gasteiger partial charge in [0, 0.05) is 23.9 Å². The van der Waals surface area contributed by atoms with E-state index in [1.165, 1.54) is 30.8 Å². The summed E-state index contributed by atoms with van der Waals surface area (Å²) in [5, 5.41) is 24.3. The molecule has 13 heteroatoms. The molecule has 5 N–H and O–H groups in total. The highest BCUT2D eigenvalue weighted by molar-refractivity contribution is 7.99. The molecule has 1 aromatic heterocycles. The molecule has 12 nitrogen and oxygen atoms in total. The Bertz CT molecular complexity index is 1730. The van der Waals surface area contributed by atoms with Gasteiger partial charge in [-0.25, -0.2) is 19.4 Å². The number of nitrogens with zero attached hydrogens (tertiary/aromatic N) is 1. The molecule has 0 spiro atoms. The Hall–Kier alpha value is -4.65. The van der Waals surface area contributed by atoms with Gasteiger partial charge in [-0.15, -0.1) is 11.8 Å². The number of esters is 1. The van der Waals surface area contributed by atoms with Crippen molar-refractivity contribution < 1.29 is 38.9 Å². The van der Waals surface area contributed by atoms with Gasteiger partial charge in [0.1, 0.15) is 23.3 Å². The highest BCUT2D eigenvalue weighted by Crippen LogP contribution is 2.37. The first-order chi connectivity index (χ1) is 23.0. The molecule has 1 aromatic carbocycles. The smallest absolute Gasteiger partial charge is 0.342 e. The highest BCUT2D eigenvalue weighted by atomic mass is 32.2. The first-order valence-electron chi connectivity index (χ1n) is 16.3. The number of amidine groups is 1. The summed E-state index contributed by atoms with van der Waals surface area (Å²) in [7, 11) is 0. The largest absolute Gasteiger partial charge is 0.478 e. The summed E-state index contributed by atoms with van der Waals surface area (Å²) in [6.45, 7) is 13.3. The van der Waals surface area contributed by atoms with E-state index in [0.717, 1.165) is 30.0 Å². The summed E-state index contributed by atoms with van der Waals surface area (Å²) in [5.41, 5.74) is 3.37. The molecule has 2 amide bonds. The number of carbonyl (C=O) groups excluding carboxylic acids is 3. The van der Waals surface area contributed by atoms with E-state index in [1.54, 1.807) is 13.0 Å². The van der Waals surface area contributed by atoms with Gasteiger partial charge in [0.15, 0.2) is 0 Å². The number of H-pyrrole nitrogens is 1. The SMILES string of the molecule is CC(=O)Nc1[nH]c(/C=C2\N=C(NC(=O)CCCSc3cc(C(=O)O)cc(C(=O)O)c3)C(C(=O)OC3C(C)CC(C)CC3C)=C2C)c(C)c1C. The van der Waals surface area contributed by atoms with E-state index < -0.39 is 17.9 Å². The van der Waals surface area contributed by atoms with Crippen LogP contribution >= 0.6 is 11.8 Å². The third kappa shape index (κ3) is 9.08. The fraction of sp³-hybridized carbons (Fsp3) is 0.444. The van der Waals surface area contributed by atoms with E-state index in [4.69, 9.17) is 4.74 Å². The standard InChI is InChI=1S/C36H44N4O8S/c1-17-11-18(2)31(19(3)12-17)48-36(47)30-22(6)28(16-27-20(4)21(5)32(38-27)37-23(7)41)39-33(30)40-29(42)9-8-10-49-26-14-24(34(43)44)13-25(15-26)35(45)46/h13-19,31,38H,8-12H2,1-7H3,(H,37,41)(H,43,44)(H,45,46)(H,39,40,42)/b28-16-. The number of carboxylic acid groups (broad SMARTS) is 2. The van der Waals surface area contributed by atoms with Gasteiger partial charge in [0.2, 0.25) is 11.8 Å². The van der Waals surface area contributed by atoms with Crippen LogP contribution in [0.1, 0.15) is 97.8 Å². The van der Waals surface area contributed by atoms with E-state index in [-0.39, 0.29) is 58.7 Å². The number of aromatic amines is 1. The third-order valence-electron chi connectivity index (χ3n) is 9.00. The van der Waals surface area contributed by atoms with Crippen molar-refractivity contribution in [1.82, 2.24) is 10.3 Å². The second kappa shape index (κ2) is 15.7. The molecule has 2 aliphatic rings. The number of hydrogen-bond acceptors (Lipinski definition) is 8. The summed E-state index contributed by atoms with van der Waals surface area (Å²) in [6.07, 6.45) is 3.84. The average Bonchev–Trinajstić information content (AvgIpc) is 3.45. The number of carbonyl (C=O) groups is 5. The predicted molar refractivity (Wildman–Crippen MR) is 188 cm³/mol. The minimum atomic E-state index is -1.23. The van der Waals surface area contributed by atoms with Gasteiger partial charge < -0.3 is 30.6 Å². The second-order valence-corrected chi connectivity index (χ2v) is 14.3. The number of benzene rings is 1. The zero-order chi connectivity index (χ0) is 36.2. The van der Waals surface area contributed by atoms with Crippen molar-refractivity contribution >= 4 is 59.2 Å². The van der Waals surface area contributed by atoms with Gasteiger partial charge in [-0.3, -0.25) is 9.59 Å². The molecular formula is C36H44N4O8S. The van der Waals surface area contributed by atoms with Crippen LogP contribution in [-0.2, 0) is 19.1 Å². The molecule has 0 radical (unpaired) electrons. The highest BCUT2D eigenvalue weighted by Gasteiger charge is 2.37. The van der Waals surface area contributed by atoms with Crippen LogP contribution in [-0.4, -0.2) is 62.6 Å². The van der Waals surface area contributed by atoms with Gasteiger partial charge in [-0.05, 0) is 105 Å². The maximum atomic E-state index is 13.8. The number of amides is 2. The number of nitrogens with one attached hydrogen (secondary N) is 3. The lowest BCUT2D eigenvalue weighted by molar-refractivity contribution is -0.152. The van der Waals surface area contributed by atoms with E-state index in [9.17, 15) is 34.2 Å². The molecular weight excluding hydrogens is 648 g/mol. The summed E-state index contributed by atoms with van der Waals surface area (Å²) in [4.78, 5) is 69.9. The Morgan fingerprint density at radius 2 is 1.57 bits per heavy atom. The number of rotatable bonds is 11. The topological polar surface area (TPSA) is 187 Å². The minimum absolute atomic E-state index is 0.0699. The van der Waals surface area contributed by atoms with Crippen LogP contribution in [0.4, 0.5) is 5.82 Å². The predicted octanol–water partition coefficient (Wildman–Crippen LogP) is 6.36. The van der Waals surface area contributed by atoms with Gasteiger partial charge in [-0.2, -0.15) is 0 Å². The normalized spacial score (nSPS) is 21.4. The molecule has 1 saturated carbocycles. The van der Waals surface area contributed by atoms with Crippen molar-refractivity contribution in [3.63, 3.8) is 0 Å². The fourth-order valence-electron chi connectivity index (χ4n) is 6.50. The van der Waals surface area contributed by atoms with Crippen molar-refractivity contribution in [2.24, 2.45) is 22.7 Å². The Morgan fingerprint density at radius 3 is 2.14 bits per heavy atom. The molecule has 2 unspecified atom stereocenters. The van der Waals surface area contributed by atoms with Crippen LogP contribution in [0.5, 0.6) is 0 Å². The van der Waals surface area contributed by atoms with Gasteiger partial charge in [0.25, 0.3) is 0 Å². The molecule has 262 valence electrons. The van der Waals surface area contributed by atoms with E-state index in [1.807, 2.05) is 13.8 Å². The van der Waals surface area contributed by atoms with Crippen LogP contribution in [0.3, 0.4) is 0 Å². The molecule has 1 aliphatic heterocycles. The zero-order valence-electron chi connectivity index (χ0n) is 28.9. The van der Waals surface area contributed by atoms with Gasteiger partial charge in [-0.1, -0.05) is 20.8 Å². The maximum Gasteiger partial charge on any atom is 0.342 e. The van der Waals surface area contributed by atoms with Gasteiger partial charge in [0.05, 0.1) is 16.8 Å². The third-order valence-corrected chi connectivity index (χ3v) is 10.1. The Labute approximate surface area is 289 Å². The number of allylic oxidation sites excluding steroid dienone is 1. The van der Waals surface area contributed by atoms with Crippen LogP contribution in [0.15, 0.2) is 44.9 Å². The molecule has 1 aliphatic carbocycles. The van der Waals surface area contributed by atoms with E-state index >= 15 is 0 Å². The first-order valence-corrected chi connectivity index (χ1v) is 17.3. The molecule has 0 saturated heterocycles. The number of carboxylic acids is 2. The van der Waals surface area contributed by atoms with Crippen molar-refractivity contribution in [2.75, 3.05) is 11.1 Å². The second-order valence-electron chi connectivity index (χ2n) is 13.1. The number of thioether (sulfide) groups is 1. The first kappa shape index (κ1) is 37.2. The summed E-state index contributed by atoms with van der Waals surface area (Å²) >= 11 is 1.24. The lowest BCUT2D eigenvalue weighted by Gasteiger charge is -2.37. The lowest BCUT2D eigenvalue weighted by Crippen LogP contribution is -2.40. The molecule has 1 fully saturated rings. The van der Waals surface area contributed by atoms with E-state index in [2.05, 4.69) is 41.4 Å². The van der Waals surface area contributed by atoms with Gasteiger partial charge >= 0.3 is 17.9 Å². The zero-order valence-corrected chi connectivity index (χ0v) is 29.7. The summed E-state index contributed by atoms with van der Waals surface area (Å²) in [5.74, 6) is -1.66. The van der Waals surface area contributed by atoms with Crippen LogP contribution < -0.4 is 10.6 Å². The monoisotopic (exact) mass is 692 g/mol. The van der Waals surface area contributed by atoms with Crippen LogP contribution in [0, 0.1) is 31.6 Å². The quantitative estimate of drug-likeness (QED) is 0.101. The van der Waals surface area contributed by atoms with Crippen LogP contribution in [0.2, 0.25) is 0 Å². The van der Waals surface area contributed by atoms with Crippen LogP contribution in [0.25, 0.3) is 6.08 Å². The number of hydrogen-bond donors (Lipinski definition) is 5. The molecule has 2 heterocycles. The average molecular weight is 693 g/mol. The molecule has 0 bridgehead atoms. The number of aromatic nitrogens is 1. The molecule has 2 aromatic rings. The maximum absolute atomic E-state index is 13.8. The number of ether oxygens (including phenoxy) is 1. The van der Waals surface area contributed by atoms with Crippen molar-refractivity contribution in [1.29, 1.82) is 0 Å². The minimum Gasteiger partial charge on any atom is -0.478 e. The number of aliphatic imine (C=N–C) groups is 1. The summed E-state index contributed by atoms with van der Waals surface area (Å²) < 4.78 is 6.12.